The van der Waals surface area contributed by atoms with Gasteiger partial charge in [0.1, 0.15) is 0 Å². The Balaban J connectivity index is 2.79. The van der Waals surface area contributed by atoms with Crippen molar-refractivity contribution in [3.8, 4) is 0 Å². The third kappa shape index (κ3) is 2.85. The summed E-state index contributed by atoms with van der Waals surface area (Å²) in [6.45, 7) is 0. The van der Waals surface area contributed by atoms with Crippen molar-refractivity contribution in [3.05, 3.63) is 32.6 Å². The van der Waals surface area contributed by atoms with E-state index < -0.39 is 11.9 Å². The highest BCUT2D eigenvalue weighted by atomic mass is 16.2. The molecule has 0 spiro atoms. The van der Waals surface area contributed by atoms with Gasteiger partial charge in [-0.1, -0.05) is 0 Å². The molecule has 0 unspecified atom stereocenters. The molecule has 0 amide bonds. The van der Waals surface area contributed by atoms with E-state index in [9.17, 15) is 9.59 Å². The Kier molecular flexibility index (Phi) is 2.99. The number of hydrogen-bond donors (Lipinski definition) is 4. The number of hydrogen-bond acceptors (Lipinski definition) is 4. The summed E-state index contributed by atoms with van der Waals surface area (Å²) in [4.78, 5) is 26.2. The van der Waals surface area contributed by atoms with E-state index in [2.05, 4.69) is 9.97 Å². The molecule has 1 aromatic heterocycles. The molecule has 13 heavy (non-hydrogen) atoms. The average molecular weight is 184 g/mol. The van der Waals surface area contributed by atoms with Gasteiger partial charge in [-0.2, -0.15) is 0 Å². The molecule has 6 nitrogen and oxygen atoms in total. The topological polar surface area (TPSA) is 118 Å². The molecule has 0 atom stereocenters. The van der Waals surface area contributed by atoms with Crippen LogP contribution in [0.25, 0.3) is 0 Å². The summed E-state index contributed by atoms with van der Waals surface area (Å²) in [5.41, 5.74) is 10.2. The van der Waals surface area contributed by atoms with Gasteiger partial charge in [-0.3, -0.25) is 9.78 Å². The average Bonchev–Trinajstić information content (AvgIpc) is 2.02. The van der Waals surface area contributed by atoms with Gasteiger partial charge in [-0.25, -0.2) is 4.79 Å². The first-order chi connectivity index (χ1) is 6.09. The molecule has 6 N–H and O–H groups in total. The van der Waals surface area contributed by atoms with Crippen molar-refractivity contribution in [2.24, 2.45) is 11.5 Å². The van der Waals surface area contributed by atoms with Crippen LogP contribution in [0.2, 0.25) is 0 Å². The molecular weight excluding hydrogens is 172 g/mol. The highest BCUT2D eigenvalue weighted by molar-refractivity contribution is 5.03. The van der Waals surface area contributed by atoms with E-state index >= 15 is 0 Å². The lowest BCUT2D eigenvalue weighted by Crippen LogP contribution is -2.32. The zero-order valence-corrected chi connectivity index (χ0v) is 7.04. The van der Waals surface area contributed by atoms with Gasteiger partial charge in [0.25, 0.3) is 5.56 Å². The molecule has 0 fully saturated rings. The highest BCUT2D eigenvalue weighted by Crippen LogP contribution is 1.92. The predicted octanol–water partition coefficient (Wildman–Crippen LogP) is -1.76. The summed E-state index contributed by atoms with van der Waals surface area (Å²) in [7, 11) is 0. The molecule has 1 heterocycles. The molecule has 0 aliphatic rings. The van der Waals surface area contributed by atoms with Gasteiger partial charge >= 0.3 is 5.69 Å². The Hall–Kier alpha value is -1.40. The quantitative estimate of drug-likeness (QED) is 0.416. The third-order valence-corrected chi connectivity index (χ3v) is 1.64. The van der Waals surface area contributed by atoms with Crippen molar-refractivity contribution >= 4 is 0 Å². The molecule has 0 saturated carbocycles. The molecule has 0 aliphatic carbocycles. The first kappa shape index (κ1) is 9.69. The fraction of sp³-hybridized carbons (Fsp3) is 0.429. The van der Waals surface area contributed by atoms with Crippen LogP contribution >= 0.6 is 0 Å². The second-order valence-corrected chi connectivity index (χ2v) is 2.80. The Morgan fingerprint density at radius 2 is 2.08 bits per heavy atom. The second kappa shape index (κ2) is 4.01. The van der Waals surface area contributed by atoms with Gasteiger partial charge < -0.3 is 16.5 Å². The van der Waals surface area contributed by atoms with Crippen molar-refractivity contribution in [2.75, 3.05) is 0 Å². The largest absolute Gasteiger partial charge is 0.325 e. The van der Waals surface area contributed by atoms with Gasteiger partial charge in [0.2, 0.25) is 0 Å². The summed E-state index contributed by atoms with van der Waals surface area (Å²) >= 11 is 0. The molecule has 0 aliphatic heterocycles. The molecular formula is C7H12N4O2. The number of aromatic amines is 2. The minimum atomic E-state index is -0.509. The number of nitrogens with two attached hydrogens (primary N) is 2. The molecule has 1 aromatic rings. The van der Waals surface area contributed by atoms with E-state index in [1.807, 2.05) is 0 Å². The van der Waals surface area contributed by atoms with Crippen LogP contribution < -0.4 is 22.7 Å². The zero-order chi connectivity index (χ0) is 9.84. The van der Waals surface area contributed by atoms with E-state index in [0.29, 0.717) is 18.4 Å². The van der Waals surface area contributed by atoms with Crippen LogP contribution in [0.5, 0.6) is 0 Å². The molecule has 6 heteroatoms. The minimum Gasteiger partial charge on any atom is -0.316 e. The molecule has 1 rings (SSSR count). The third-order valence-electron chi connectivity index (χ3n) is 1.64. The second-order valence-electron chi connectivity index (χ2n) is 2.80. The van der Waals surface area contributed by atoms with Crippen LogP contribution in [0.1, 0.15) is 12.0 Å². The Bertz CT molecular complexity index is 379. The monoisotopic (exact) mass is 184 g/mol. The fourth-order valence-electron chi connectivity index (χ4n) is 0.946. The summed E-state index contributed by atoms with van der Waals surface area (Å²) in [6.07, 6.45) is 1.91. The van der Waals surface area contributed by atoms with Gasteiger partial charge in [0.05, 0.1) is 6.17 Å². The van der Waals surface area contributed by atoms with E-state index in [1.54, 1.807) is 0 Å². The van der Waals surface area contributed by atoms with Crippen LogP contribution in [-0.4, -0.2) is 16.1 Å². The Labute approximate surface area is 74.0 Å². The number of H-pyrrole nitrogens is 2. The Morgan fingerprint density at radius 1 is 1.38 bits per heavy atom. The van der Waals surface area contributed by atoms with E-state index in [1.165, 1.54) is 6.20 Å². The molecule has 72 valence electrons. The lowest BCUT2D eigenvalue weighted by molar-refractivity contribution is 0.634. The van der Waals surface area contributed by atoms with Crippen LogP contribution in [0.15, 0.2) is 15.8 Å². The van der Waals surface area contributed by atoms with E-state index in [4.69, 9.17) is 11.5 Å². The molecule has 0 radical (unpaired) electrons. The first-order valence-corrected chi connectivity index (χ1v) is 3.91. The normalized spacial score (nSPS) is 10.7. The maximum atomic E-state index is 11.1. The summed E-state index contributed by atoms with van der Waals surface area (Å²) in [5, 5.41) is 0. The van der Waals surface area contributed by atoms with Crippen molar-refractivity contribution in [1.29, 1.82) is 0 Å². The van der Waals surface area contributed by atoms with Gasteiger partial charge in [-0.15, -0.1) is 0 Å². The van der Waals surface area contributed by atoms with Gasteiger partial charge in [-0.05, 0) is 12.8 Å². The number of nitrogens with one attached hydrogen (secondary N) is 2. The minimum absolute atomic E-state index is 0.385. The van der Waals surface area contributed by atoms with Crippen LogP contribution in [0.4, 0.5) is 0 Å². The van der Waals surface area contributed by atoms with Crippen LogP contribution in [0.3, 0.4) is 0 Å². The van der Waals surface area contributed by atoms with Crippen LogP contribution in [0, 0.1) is 0 Å². The number of rotatable bonds is 3. The van der Waals surface area contributed by atoms with Crippen LogP contribution in [-0.2, 0) is 6.42 Å². The Morgan fingerprint density at radius 3 is 2.62 bits per heavy atom. The molecule has 0 bridgehead atoms. The van der Waals surface area contributed by atoms with E-state index in [0.717, 1.165) is 0 Å². The first-order valence-electron chi connectivity index (χ1n) is 3.91. The van der Waals surface area contributed by atoms with Gasteiger partial charge in [0, 0.05) is 11.8 Å². The SMILES string of the molecule is NC(N)CCc1c[nH]c(=O)[nH]c1=O. The smallest absolute Gasteiger partial charge is 0.316 e. The highest BCUT2D eigenvalue weighted by Gasteiger charge is 2.01. The fourth-order valence-corrected chi connectivity index (χ4v) is 0.946. The van der Waals surface area contributed by atoms with Crippen molar-refractivity contribution in [2.45, 2.75) is 19.0 Å². The predicted molar refractivity (Wildman–Crippen MR) is 48.2 cm³/mol. The lowest BCUT2D eigenvalue weighted by Gasteiger charge is -2.02. The van der Waals surface area contributed by atoms with Crippen molar-refractivity contribution < 1.29 is 0 Å². The van der Waals surface area contributed by atoms with Crippen molar-refractivity contribution in [3.63, 3.8) is 0 Å². The number of aryl methyl sites for hydroxylation is 1. The van der Waals surface area contributed by atoms with Crippen molar-refractivity contribution in [1.82, 2.24) is 9.97 Å². The standard InChI is InChI=1S/C7H12N4O2/c8-5(9)2-1-4-3-10-7(13)11-6(4)12/h3,5H,1-2,8-9H2,(H2,10,11,12,13). The lowest BCUT2D eigenvalue weighted by atomic mass is 10.1. The summed E-state index contributed by atoms with van der Waals surface area (Å²) in [6, 6.07) is 0. The summed E-state index contributed by atoms with van der Waals surface area (Å²) in [5.74, 6) is 0. The summed E-state index contributed by atoms with van der Waals surface area (Å²) < 4.78 is 0. The van der Waals surface area contributed by atoms with E-state index in [-0.39, 0.29) is 5.56 Å². The number of aromatic nitrogens is 2. The maximum absolute atomic E-state index is 11.1. The van der Waals surface area contributed by atoms with Gasteiger partial charge in [0.15, 0.2) is 0 Å². The maximum Gasteiger partial charge on any atom is 0.325 e. The molecule has 0 aromatic carbocycles. The molecule has 0 saturated heterocycles. The zero-order valence-electron chi connectivity index (χ0n) is 7.04.